The van der Waals surface area contributed by atoms with Crippen LogP contribution in [0.25, 0.3) is 22.2 Å². The number of oxazole rings is 1. The molecule has 19 heavy (non-hydrogen) atoms. The van der Waals surface area contributed by atoms with Crippen molar-refractivity contribution in [2.45, 2.75) is 19.4 Å². The lowest BCUT2D eigenvalue weighted by Gasteiger charge is -2.04. The maximum atomic E-state index is 5.73. The molecule has 0 bridgehead atoms. The van der Waals surface area contributed by atoms with Crippen molar-refractivity contribution in [3.05, 3.63) is 48.4 Å². The minimum absolute atomic E-state index is 0.280. The van der Waals surface area contributed by atoms with Gasteiger partial charge < -0.3 is 9.15 Å². The van der Waals surface area contributed by atoms with Gasteiger partial charge in [0.15, 0.2) is 12.0 Å². The fraction of sp³-hybridized carbons (Fsp3) is 0.188. The zero-order valence-corrected chi connectivity index (χ0v) is 10.6. The Morgan fingerprint density at radius 2 is 1.95 bits per heavy atom. The molecule has 3 aromatic rings. The highest BCUT2D eigenvalue weighted by atomic mass is 16.5. The Hall–Kier alpha value is -2.29. The number of fused-ring (bicyclic) bond motifs is 2. The number of rotatable bonds is 1. The number of aromatic nitrogens is 1. The largest absolute Gasteiger partial charge is 0.490 e. The summed E-state index contributed by atoms with van der Waals surface area (Å²) in [6.45, 7) is 2.10. The fourth-order valence-corrected chi connectivity index (χ4v) is 2.64. The lowest BCUT2D eigenvalue weighted by molar-refractivity contribution is 0.254. The van der Waals surface area contributed by atoms with Gasteiger partial charge in [-0.3, -0.25) is 0 Å². The molecule has 94 valence electrons. The highest BCUT2D eigenvalue weighted by Gasteiger charge is 2.19. The van der Waals surface area contributed by atoms with E-state index in [9.17, 15) is 0 Å². The third-order valence-electron chi connectivity index (χ3n) is 3.56. The predicted molar refractivity (Wildman–Crippen MR) is 73.2 cm³/mol. The molecule has 1 aromatic heterocycles. The van der Waals surface area contributed by atoms with E-state index in [0.29, 0.717) is 0 Å². The van der Waals surface area contributed by atoms with Crippen molar-refractivity contribution < 1.29 is 9.15 Å². The fourth-order valence-electron chi connectivity index (χ4n) is 2.64. The molecule has 0 N–H and O–H groups in total. The van der Waals surface area contributed by atoms with Gasteiger partial charge in [-0.2, -0.15) is 0 Å². The van der Waals surface area contributed by atoms with E-state index in [-0.39, 0.29) is 6.10 Å². The molecule has 0 saturated carbocycles. The van der Waals surface area contributed by atoms with Gasteiger partial charge in [0, 0.05) is 6.42 Å². The first-order valence-electron chi connectivity index (χ1n) is 6.43. The van der Waals surface area contributed by atoms with Gasteiger partial charge >= 0.3 is 0 Å². The van der Waals surface area contributed by atoms with Crippen molar-refractivity contribution in [2.24, 2.45) is 0 Å². The third kappa shape index (κ3) is 1.70. The van der Waals surface area contributed by atoms with E-state index in [4.69, 9.17) is 9.15 Å². The summed E-state index contributed by atoms with van der Waals surface area (Å²) in [5.74, 6) is 1.01. The van der Waals surface area contributed by atoms with Crippen LogP contribution in [0.4, 0.5) is 0 Å². The molecule has 1 aliphatic rings. The third-order valence-corrected chi connectivity index (χ3v) is 3.56. The van der Waals surface area contributed by atoms with Crippen LogP contribution in [-0.4, -0.2) is 11.1 Å². The summed E-state index contributed by atoms with van der Waals surface area (Å²) in [4.78, 5) is 4.13. The average molecular weight is 251 g/mol. The Balaban J connectivity index is 1.81. The molecular formula is C16H13NO2. The molecule has 2 aromatic carbocycles. The van der Waals surface area contributed by atoms with Gasteiger partial charge in [0.25, 0.3) is 0 Å². The quantitative estimate of drug-likeness (QED) is 0.659. The van der Waals surface area contributed by atoms with Crippen LogP contribution in [0.5, 0.6) is 5.75 Å². The van der Waals surface area contributed by atoms with E-state index in [2.05, 4.69) is 36.2 Å². The Bertz CT molecular complexity index is 760. The first-order chi connectivity index (χ1) is 9.29. The first kappa shape index (κ1) is 10.6. The van der Waals surface area contributed by atoms with Crippen molar-refractivity contribution in [2.75, 3.05) is 0 Å². The van der Waals surface area contributed by atoms with Crippen LogP contribution in [0.2, 0.25) is 0 Å². The summed E-state index contributed by atoms with van der Waals surface area (Å²) in [5.41, 5.74) is 5.33. The van der Waals surface area contributed by atoms with Crippen molar-refractivity contribution in [1.82, 2.24) is 4.98 Å². The van der Waals surface area contributed by atoms with E-state index in [1.54, 1.807) is 0 Å². The van der Waals surface area contributed by atoms with Crippen LogP contribution >= 0.6 is 0 Å². The minimum Gasteiger partial charge on any atom is -0.490 e. The predicted octanol–water partition coefficient (Wildman–Crippen LogP) is 3.82. The standard InChI is InChI=1S/C16H13NO2/c1-10-6-13-7-11(3-5-15(13)19-10)12-2-4-14-16(8-12)18-9-17-14/h2-5,7-10H,6H2,1H3. The van der Waals surface area contributed by atoms with E-state index in [0.717, 1.165) is 28.8 Å². The molecule has 0 spiro atoms. The topological polar surface area (TPSA) is 35.3 Å². The Morgan fingerprint density at radius 1 is 1.11 bits per heavy atom. The normalized spacial score (nSPS) is 17.4. The van der Waals surface area contributed by atoms with E-state index in [1.807, 2.05) is 12.1 Å². The number of benzene rings is 2. The molecule has 0 saturated heterocycles. The van der Waals surface area contributed by atoms with Crippen LogP contribution in [0.3, 0.4) is 0 Å². The Kier molecular flexibility index (Phi) is 2.15. The van der Waals surface area contributed by atoms with Crippen LogP contribution in [0.15, 0.2) is 47.2 Å². The molecule has 1 atom stereocenters. The first-order valence-corrected chi connectivity index (χ1v) is 6.43. The monoisotopic (exact) mass is 251 g/mol. The van der Waals surface area contributed by atoms with Gasteiger partial charge in [-0.05, 0) is 47.9 Å². The maximum absolute atomic E-state index is 5.73. The molecule has 3 nitrogen and oxygen atoms in total. The molecular weight excluding hydrogens is 238 g/mol. The van der Waals surface area contributed by atoms with Crippen molar-refractivity contribution in [1.29, 1.82) is 0 Å². The number of ether oxygens (including phenoxy) is 1. The summed E-state index contributed by atoms with van der Waals surface area (Å²) in [6.07, 6.45) is 2.74. The molecule has 0 aliphatic carbocycles. The second-order valence-electron chi connectivity index (χ2n) is 4.99. The summed E-state index contributed by atoms with van der Waals surface area (Å²) in [6, 6.07) is 12.4. The van der Waals surface area contributed by atoms with Crippen LogP contribution < -0.4 is 4.74 Å². The lowest BCUT2D eigenvalue weighted by Crippen LogP contribution is -2.05. The Morgan fingerprint density at radius 3 is 2.89 bits per heavy atom. The van der Waals surface area contributed by atoms with Crippen molar-refractivity contribution in [3.8, 4) is 16.9 Å². The van der Waals surface area contributed by atoms with Gasteiger partial charge in [0.05, 0.1) is 0 Å². The molecule has 2 heterocycles. The molecule has 0 amide bonds. The molecule has 0 fully saturated rings. The average Bonchev–Trinajstić information content (AvgIpc) is 3.01. The van der Waals surface area contributed by atoms with Crippen molar-refractivity contribution in [3.63, 3.8) is 0 Å². The number of hydrogen-bond acceptors (Lipinski definition) is 3. The smallest absolute Gasteiger partial charge is 0.181 e. The van der Waals surface area contributed by atoms with Crippen LogP contribution in [0.1, 0.15) is 12.5 Å². The molecule has 1 aliphatic heterocycles. The molecule has 1 unspecified atom stereocenters. The number of nitrogens with zero attached hydrogens (tertiary/aromatic N) is 1. The molecule has 0 radical (unpaired) electrons. The van der Waals surface area contributed by atoms with Crippen LogP contribution in [0, 0.1) is 0 Å². The molecule has 3 heteroatoms. The second-order valence-corrected chi connectivity index (χ2v) is 4.99. The lowest BCUT2D eigenvalue weighted by atomic mass is 10.0. The van der Waals surface area contributed by atoms with E-state index in [1.165, 1.54) is 17.5 Å². The highest BCUT2D eigenvalue weighted by Crippen LogP contribution is 2.33. The minimum atomic E-state index is 0.280. The SMILES string of the molecule is CC1Cc2cc(-c3ccc4ncoc4c3)ccc2O1. The Labute approximate surface area is 110 Å². The zero-order valence-electron chi connectivity index (χ0n) is 10.6. The second kappa shape index (κ2) is 3.85. The number of hydrogen-bond donors (Lipinski definition) is 0. The zero-order chi connectivity index (χ0) is 12.8. The maximum Gasteiger partial charge on any atom is 0.181 e. The van der Waals surface area contributed by atoms with Gasteiger partial charge in [0.2, 0.25) is 0 Å². The van der Waals surface area contributed by atoms with E-state index < -0.39 is 0 Å². The highest BCUT2D eigenvalue weighted by molar-refractivity contribution is 5.80. The van der Waals surface area contributed by atoms with Gasteiger partial charge in [0.1, 0.15) is 17.4 Å². The van der Waals surface area contributed by atoms with Gasteiger partial charge in [-0.1, -0.05) is 12.1 Å². The summed E-state index contributed by atoms with van der Waals surface area (Å²) >= 11 is 0. The molecule has 4 rings (SSSR count). The van der Waals surface area contributed by atoms with Crippen LogP contribution in [-0.2, 0) is 6.42 Å². The van der Waals surface area contributed by atoms with Crippen molar-refractivity contribution >= 4 is 11.1 Å². The summed E-state index contributed by atoms with van der Waals surface area (Å²) in [7, 11) is 0. The summed E-state index contributed by atoms with van der Waals surface area (Å²) in [5, 5.41) is 0. The van der Waals surface area contributed by atoms with Gasteiger partial charge in [-0.25, -0.2) is 4.98 Å². The van der Waals surface area contributed by atoms with E-state index >= 15 is 0 Å². The summed E-state index contributed by atoms with van der Waals surface area (Å²) < 4.78 is 11.1. The van der Waals surface area contributed by atoms with Gasteiger partial charge in [-0.15, -0.1) is 0 Å².